The van der Waals surface area contributed by atoms with Crippen LogP contribution in [0.4, 0.5) is 5.69 Å². The Labute approximate surface area is 109 Å². The number of sulfonamides is 1. The number of hydrazone groups is 1. The third-order valence-corrected chi connectivity index (χ3v) is 3.62. The first-order valence-corrected chi connectivity index (χ1v) is 7.40. The maximum Gasteiger partial charge on any atom is 0.247 e. The second-order valence-corrected chi connectivity index (χ2v) is 5.97. The molecule has 0 amide bonds. The molecule has 1 aromatic carbocycles. The first kappa shape index (κ1) is 14.5. The Balaban J connectivity index is 2.63. The molecule has 0 bridgehead atoms. The Kier molecular flexibility index (Phi) is 5.15. The van der Waals surface area contributed by atoms with Crippen molar-refractivity contribution in [2.75, 3.05) is 24.7 Å². The lowest BCUT2D eigenvalue weighted by Gasteiger charge is -2.11. The predicted molar refractivity (Wildman–Crippen MR) is 75.6 cm³/mol. The molecule has 0 saturated carbocycles. The Bertz CT molecular complexity index is 493. The highest BCUT2D eigenvalue weighted by atomic mass is 32.2. The van der Waals surface area contributed by atoms with Crippen molar-refractivity contribution in [1.82, 2.24) is 4.83 Å². The van der Waals surface area contributed by atoms with E-state index in [1.165, 1.54) is 6.21 Å². The Hall–Kier alpha value is -1.56. The molecule has 0 aliphatic heterocycles. The topological polar surface area (TPSA) is 61.8 Å². The Morgan fingerprint density at radius 2 is 1.89 bits per heavy atom. The van der Waals surface area contributed by atoms with E-state index in [-0.39, 0.29) is 5.75 Å². The zero-order valence-corrected chi connectivity index (χ0v) is 11.7. The summed E-state index contributed by atoms with van der Waals surface area (Å²) in [5, 5.41) is 3.73. The molecule has 1 aromatic rings. The van der Waals surface area contributed by atoms with Gasteiger partial charge in [0.05, 0.1) is 12.0 Å². The van der Waals surface area contributed by atoms with Gasteiger partial charge in [0.25, 0.3) is 0 Å². The van der Waals surface area contributed by atoms with Crippen LogP contribution >= 0.6 is 0 Å². The zero-order valence-electron chi connectivity index (χ0n) is 10.9. The fraction of sp³-hybridized carbons (Fsp3) is 0.417. The van der Waals surface area contributed by atoms with Gasteiger partial charge in [-0.15, -0.1) is 0 Å². The standard InChI is InChI=1S/C12H19N3O2S/c1-4-9-18(16,17)14-13-10-11-5-7-12(8-6-11)15(2)3/h5-8,10,14H,4,9H2,1-3H3/b13-10-. The largest absolute Gasteiger partial charge is 0.378 e. The molecule has 1 N–H and O–H groups in total. The van der Waals surface area contributed by atoms with Crippen LogP contribution in [0.15, 0.2) is 29.4 Å². The van der Waals surface area contributed by atoms with E-state index in [1.54, 1.807) is 0 Å². The SMILES string of the molecule is CCCS(=O)(=O)N/N=C\c1ccc(N(C)C)cc1. The molecular formula is C12H19N3O2S. The minimum Gasteiger partial charge on any atom is -0.378 e. The summed E-state index contributed by atoms with van der Waals surface area (Å²) in [6.07, 6.45) is 2.06. The monoisotopic (exact) mass is 269 g/mol. The van der Waals surface area contributed by atoms with E-state index < -0.39 is 10.0 Å². The van der Waals surface area contributed by atoms with Crippen LogP contribution in [-0.2, 0) is 10.0 Å². The van der Waals surface area contributed by atoms with Gasteiger partial charge in [0.15, 0.2) is 0 Å². The molecule has 5 nitrogen and oxygen atoms in total. The zero-order chi connectivity index (χ0) is 13.6. The third kappa shape index (κ3) is 4.75. The summed E-state index contributed by atoms with van der Waals surface area (Å²) in [5.74, 6) is 0.0872. The fourth-order valence-electron chi connectivity index (χ4n) is 1.35. The second kappa shape index (κ2) is 6.39. The smallest absolute Gasteiger partial charge is 0.247 e. The first-order valence-electron chi connectivity index (χ1n) is 5.74. The second-order valence-electron chi connectivity index (χ2n) is 4.15. The number of nitrogens with zero attached hydrogens (tertiary/aromatic N) is 2. The Morgan fingerprint density at radius 1 is 1.28 bits per heavy atom. The van der Waals surface area contributed by atoms with Crippen LogP contribution < -0.4 is 9.73 Å². The average molecular weight is 269 g/mol. The lowest BCUT2D eigenvalue weighted by Crippen LogP contribution is -2.21. The molecule has 0 aliphatic carbocycles. The van der Waals surface area contributed by atoms with Crippen LogP contribution in [0, 0.1) is 0 Å². The molecule has 0 saturated heterocycles. The van der Waals surface area contributed by atoms with E-state index in [4.69, 9.17) is 0 Å². The molecule has 0 aromatic heterocycles. The van der Waals surface area contributed by atoms with Crippen molar-refractivity contribution in [3.63, 3.8) is 0 Å². The lowest BCUT2D eigenvalue weighted by molar-refractivity contribution is 0.583. The highest BCUT2D eigenvalue weighted by Gasteiger charge is 2.04. The number of hydrogen-bond donors (Lipinski definition) is 1. The minimum atomic E-state index is -3.28. The molecule has 18 heavy (non-hydrogen) atoms. The van der Waals surface area contributed by atoms with Gasteiger partial charge in [0, 0.05) is 19.8 Å². The summed E-state index contributed by atoms with van der Waals surface area (Å²) in [6, 6.07) is 7.66. The van der Waals surface area contributed by atoms with E-state index >= 15 is 0 Å². The molecule has 6 heteroatoms. The molecule has 0 atom stereocenters. The van der Waals surface area contributed by atoms with Crippen LogP contribution in [0.1, 0.15) is 18.9 Å². The normalized spacial score (nSPS) is 11.7. The van der Waals surface area contributed by atoms with Crippen molar-refractivity contribution >= 4 is 21.9 Å². The van der Waals surface area contributed by atoms with Gasteiger partial charge in [0.2, 0.25) is 10.0 Å². The molecule has 100 valence electrons. The summed E-state index contributed by atoms with van der Waals surface area (Å²) < 4.78 is 22.7. The molecule has 0 heterocycles. The van der Waals surface area contributed by atoms with Gasteiger partial charge >= 0.3 is 0 Å². The summed E-state index contributed by atoms with van der Waals surface area (Å²) in [6.45, 7) is 1.81. The van der Waals surface area contributed by atoms with Crippen LogP contribution in [0.5, 0.6) is 0 Å². The van der Waals surface area contributed by atoms with Gasteiger partial charge in [0.1, 0.15) is 0 Å². The van der Waals surface area contributed by atoms with Gasteiger partial charge in [-0.25, -0.2) is 13.2 Å². The molecule has 0 spiro atoms. The summed E-state index contributed by atoms with van der Waals surface area (Å²) in [5.41, 5.74) is 1.93. The van der Waals surface area contributed by atoms with Crippen molar-refractivity contribution in [2.45, 2.75) is 13.3 Å². The van der Waals surface area contributed by atoms with Crippen LogP contribution in [-0.4, -0.2) is 34.5 Å². The summed E-state index contributed by atoms with van der Waals surface area (Å²) >= 11 is 0. The minimum absolute atomic E-state index is 0.0872. The quantitative estimate of drug-likeness (QED) is 0.627. The van der Waals surface area contributed by atoms with E-state index in [9.17, 15) is 8.42 Å². The van der Waals surface area contributed by atoms with Crippen molar-refractivity contribution < 1.29 is 8.42 Å². The molecule has 0 unspecified atom stereocenters. The van der Waals surface area contributed by atoms with Crippen molar-refractivity contribution in [3.8, 4) is 0 Å². The number of nitrogens with one attached hydrogen (secondary N) is 1. The van der Waals surface area contributed by atoms with Crippen molar-refractivity contribution in [2.24, 2.45) is 5.10 Å². The van der Waals surface area contributed by atoms with Gasteiger partial charge < -0.3 is 4.90 Å². The Morgan fingerprint density at radius 3 is 2.39 bits per heavy atom. The lowest BCUT2D eigenvalue weighted by atomic mass is 10.2. The number of benzene rings is 1. The highest BCUT2D eigenvalue weighted by Crippen LogP contribution is 2.10. The molecule has 0 aliphatic rings. The van der Waals surface area contributed by atoms with E-state index in [0.29, 0.717) is 6.42 Å². The van der Waals surface area contributed by atoms with E-state index in [2.05, 4.69) is 9.93 Å². The van der Waals surface area contributed by atoms with Gasteiger partial charge in [-0.1, -0.05) is 19.1 Å². The number of rotatable bonds is 6. The first-order chi connectivity index (χ1) is 8.44. The fourth-order valence-corrected chi connectivity index (χ4v) is 2.20. The molecular weight excluding hydrogens is 250 g/mol. The highest BCUT2D eigenvalue weighted by molar-refractivity contribution is 7.89. The van der Waals surface area contributed by atoms with Crippen LogP contribution in [0.2, 0.25) is 0 Å². The third-order valence-electron chi connectivity index (χ3n) is 2.29. The summed E-state index contributed by atoms with van der Waals surface area (Å²) in [7, 11) is 0.641. The molecule has 1 rings (SSSR count). The van der Waals surface area contributed by atoms with Crippen LogP contribution in [0.25, 0.3) is 0 Å². The van der Waals surface area contributed by atoms with Gasteiger partial charge in [-0.2, -0.15) is 5.10 Å². The van der Waals surface area contributed by atoms with Gasteiger partial charge in [-0.05, 0) is 24.1 Å². The van der Waals surface area contributed by atoms with Gasteiger partial charge in [-0.3, -0.25) is 0 Å². The maximum absolute atomic E-state index is 11.3. The molecule has 0 radical (unpaired) electrons. The van der Waals surface area contributed by atoms with Crippen molar-refractivity contribution in [1.29, 1.82) is 0 Å². The van der Waals surface area contributed by atoms with E-state index in [1.807, 2.05) is 50.2 Å². The average Bonchev–Trinajstić information content (AvgIpc) is 2.29. The van der Waals surface area contributed by atoms with Crippen LogP contribution in [0.3, 0.4) is 0 Å². The molecule has 0 fully saturated rings. The number of hydrogen-bond acceptors (Lipinski definition) is 4. The van der Waals surface area contributed by atoms with E-state index in [0.717, 1.165) is 11.3 Å². The number of anilines is 1. The predicted octanol–water partition coefficient (Wildman–Crippen LogP) is 1.42. The summed E-state index contributed by atoms with van der Waals surface area (Å²) in [4.78, 5) is 4.17. The van der Waals surface area contributed by atoms with Crippen molar-refractivity contribution in [3.05, 3.63) is 29.8 Å². The maximum atomic E-state index is 11.3.